The molecule has 0 aliphatic carbocycles. The first-order valence-electron chi connectivity index (χ1n) is 8.22. The van der Waals surface area contributed by atoms with E-state index in [1.165, 1.54) is 31.7 Å². The first kappa shape index (κ1) is 15.0. The summed E-state index contributed by atoms with van der Waals surface area (Å²) in [6.07, 6.45) is 0. The van der Waals surface area contributed by atoms with Gasteiger partial charge in [-0.15, -0.1) is 0 Å². The van der Waals surface area contributed by atoms with Crippen LogP contribution in [-0.2, 0) is 4.74 Å². The van der Waals surface area contributed by atoms with Gasteiger partial charge in [0.25, 0.3) is 0 Å². The zero-order valence-electron chi connectivity index (χ0n) is 13.4. The lowest BCUT2D eigenvalue weighted by Gasteiger charge is -2.28. The molecule has 2 saturated heterocycles. The summed E-state index contributed by atoms with van der Waals surface area (Å²) in [5.41, 5.74) is 1.86. The molecule has 0 spiro atoms. The minimum Gasteiger partial charge on any atom is -0.379 e. The van der Waals surface area contributed by atoms with Gasteiger partial charge in [0.2, 0.25) is 0 Å². The van der Waals surface area contributed by atoms with Gasteiger partial charge in [-0.05, 0) is 11.0 Å². The van der Waals surface area contributed by atoms with Crippen molar-refractivity contribution in [3.8, 4) is 0 Å². The molecule has 0 unspecified atom stereocenters. The molecule has 0 N–H and O–H groups in total. The number of hydrogen-bond acceptors (Lipinski definition) is 3. The van der Waals surface area contributed by atoms with Crippen molar-refractivity contribution in [1.82, 2.24) is 9.80 Å². The van der Waals surface area contributed by atoms with Crippen LogP contribution in [-0.4, -0.2) is 62.3 Å². The van der Waals surface area contributed by atoms with Gasteiger partial charge in [0, 0.05) is 45.2 Å². The van der Waals surface area contributed by atoms with Crippen LogP contribution in [0.4, 0.5) is 0 Å². The second-order valence-corrected chi connectivity index (χ2v) is 7.14. The van der Waals surface area contributed by atoms with Gasteiger partial charge in [0.15, 0.2) is 0 Å². The van der Waals surface area contributed by atoms with Gasteiger partial charge in [-0.1, -0.05) is 44.2 Å². The predicted molar refractivity (Wildman–Crippen MR) is 86.7 cm³/mol. The minimum atomic E-state index is 0.367. The fraction of sp³-hybridized carbons (Fsp3) is 0.667. The summed E-state index contributed by atoms with van der Waals surface area (Å²) in [4.78, 5) is 5.18. The second kappa shape index (κ2) is 6.47. The summed E-state index contributed by atoms with van der Waals surface area (Å²) in [7, 11) is 0. The lowest BCUT2D eigenvalue weighted by Crippen LogP contribution is -2.41. The lowest BCUT2D eigenvalue weighted by molar-refractivity contribution is 0.0340. The van der Waals surface area contributed by atoms with E-state index in [0.29, 0.717) is 11.3 Å². The molecule has 2 heterocycles. The van der Waals surface area contributed by atoms with E-state index in [4.69, 9.17) is 4.74 Å². The molecule has 0 bridgehead atoms. The summed E-state index contributed by atoms with van der Waals surface area (Å²) in [6.45, 7) is 13.6. The quantitative estimate of drug-likeness (QED) is 0.846. The fourth-order valence-electron chi connectivity index (χ4n) is 3.78. The third-order valence-electron chi connectivity index (χ3n) is 5.05. The molecule has 3 heteroatoms. The molecular weight excluding hydrogens is 260 g/mol. The molecule has 116 valence electrons. The molecule has 0 saturated carbocycles. The average molecular weight is 288 g/mol. The van der Waals surface area contributed by atoms with E-state index in [2.05, 4.69) is 54.0 Å². The number of rotatable bonds is 4. The Labute approximate surface area is 128 Å². The molecule has 0 aromatic heterocycles. The third-order valence-corrected chi connectivity index (χ3v) is 5.05. The monoisotopic (exact) mass is 288 g/mol. The van der Waals surface area contributed by atoms with Crippen molar-refractivity contribution in [3.05, 3.63) is 35.9 Å². The van der Waals surface area contributed by atoms with Crippen LogP contribution in [0, 0.1) is 5.41 Å². The number of morpholine rings is 1. The Morgan fingerprint density at radius 2 is 1.71 bits per heavy atom. The maximum absolute atomic E-state index is 5.42. The second-order valence-electron chi connectivity index (χ2n) is 7.14. The van der Waals surface area contributed by atoms with Crippen molar-refractivity contribution in [2.45, 2.75) is 19.8 Å². The number of ether oxygens (including phenoxy) is 1. The topological polar surface area (TPSA) is 15.7 Å². The molecular formula is C18H28N2O. The van der Waals surface area contributed by atoms with E-state index < -0.39 is 0 Å². The van der Waals surface area contributed by atoms with Crippen LogP contribution in [0.15, 0.2) is 30.3 Å². The molecule has 2 fully saturated rings. The summed E-state index contributed by atoms with van der Waals surface area (Å²) in [5.74, 6) is 0.656. The summed E-state index contributed by atoms with van der Waals surface area (Å²) >= 11 is 0. The Balaban J connectivity index is 1.57. The minimum absolute atomic E-state index is 0.367. The predicted octanol–water partition coefficient (Wildman–Crippen LogP) is 2.44. The van der Waals surface area contributed by atoms with Gasteiger partial charge >= 0.3 is 0 Å². The molecule has 1 aromatic carbocycles. The summed E-state index contributed by atoms with van der Waals surface area (Å²) in [6, 6.07) is 11.0. The highest BCUT2D eigenvalue weighted by atomic mass is 16.5. The highest BCUT2D eigenvalue weighted by molar-refractivity contribution is 5.24. The standard InChI is InChI=1S/C18H28N2O/c1-18(2)15-20(9-8-19-10-12-21-13-11-19)14-17(18)16-6-4-3-5-7-16/h3-7,17H,8-15H2,1-2H3/t17-/m0/s1. The third kappa shape index (κ3) is 3.65. The van der Waals surface area contributed by atoms with Crippen molar-refractivity contribution in [2.75, 3.05) is 52.5 Å². The number of benzene rings is 1. The molecule has 2 aliphatic heterocycles. The van der Waals surface area contributed by atoms with E-state index in [-0.39, 0.29) is 0 Å². The van der Waals surface area contributed by atoms with Crippen molar-refractivity contribution >= 4 is 0 Å². The molecule has 21 heavy (non-hydrogen) atoms. The number of hydrogen-bond donors (Lipinski definition) is 0. The van der Waals surface area contributed by atoms with Crippen LogP contribution in [0.1, 0.15) is 25.3 Å². The van der Waals surface area contributed by atoms with Gasteiger partial charge in [-0.3, -0.25) is 4.90 Å². The van der Waals surface area contributed by atoms with Gasteiger partial charge < -0.3 is 9.64 Å². The summed E-state index contributed by atoms with van der Waals surface area (Å²) in [5, 5.41) is 0. The Kier molecular flexibility index (Phi) is 4.63. The van der Waals surface area contributed by atoms with Crippen LogP contribution in [0.5, 0.6) is 0 Å². The van der Waals surface area contributed by atoms with E-state index in [9.17, 15) is 0 Å². The zero-order chi connectivity index (χ0) is 14.7. The SMILES string of the molecule is CC1(C)CN(CCN2CCOCC2)C[C@H]1c1ccccc1. The Hall–Kier alpha value is -0.900. The van der Waals surface area contributed by atoms with Crippen molar-refractivity contribution in [2.24, 2.45) is 5.41 Å². The number of nitrogens with zero attached hydrogens (tertiary/aromatic N) is 2. The van der Waals surface area contributed by atoms with Crippen molar-refractivity contribution in [3.63, 3.8) is 0 Å². The fourth-order valence-corrected chi connectivity index (χ4v) is 3.78. The Bertz CT molecular complexity index is 440. The van der Waals surface area contributed by atoms with Gasteiger partial charge in [-0.2, -0.15) is 0 Å². The van der Waals surface area contributed by atoms with E-state index >= 15 is 0 Å². The van der Waals surface area contributed by atoms with Gasteiger partial charge in [-0.25, -0.2) is 0 Å². The van der Waals surface area contributed by atoms with Gasteiger partial charge in [0.05, 0.1) is 13.2 Å². The Morgan fingerprint density at radius 3 is 2.43 bits per heavy atom. The maximum Gasteiger partial charge on any atom is 0.0594 e. The summed E-state index contributed by atoms with van der Waals surface area (Å²) < 4.78 is 5.42. The zero-order valence-corrected chi connectivity index (χ0v) is 13.4. The van der Waals surface area contributed by atoms with Gasteiger partial charge in [0.1, 0.15) is 0 Å². The molecule has 3 rings (SSSR count). The van der Waals surface area contributed by atoms with Crippen LogP contribution in [0.3, 0.4) is 0 Å². The highest BCUT2D eigenvalue weighted by Crippen LogP contribution is 2.41. The normalized spacial score (nSPS) is 27.0. The van der Waals surface area contributed by atoms with E-state index in [0.717, 1.165) is 26.3 Å². The molecule has 2 aliphatic rings. The average Bonchev–Trinajstić information content (AvgIpc) is 2.82. The van der Waals surface area contributed by atoms with E-state index in [1.54, 1.807) is 0 Å². The largest absolute Gasteiger partial charge is 0.379 e. The first-order valence-corrected chi connectivity index (χ1v) is 8.22. The molecule has 3 nitrogen and oxygen atoms in total. The molecule has 0 radical (unpaired) electrons. The molecule has 1 atom stereocenters. The van der Waals surface area contributed by atoms with Crippen LogP contribution < -0.4 is 0 Å². The molecule has 1 aromatic rings. The lowest BCUT2D eigenvalue weighted by atomic mass is 9.78. The van der Waals surface area contributed by atoms with Crippen molar-refractivity contribution < 1.29 is 4.74 Å². The Morgan fingerprint density at radius 1 is 1.05 bits per heavy atom. The maximum atomic E-state index is 5.42. The highest BCUT2D eigenvalue weighted by Gasteiger charge is 2.39. The van der Waals surface area contributed by atoms with E-state index in [1.807, 2.05) is 0 Å². The molecule has 0 amide bonds. The van der Waals surface area contributed by atoms with Crippen LogP contribution in [0.25, 0.3) is 0 Å². The smallest absolute Gasteiger partial charge is 0.0594 e. The van der Waals surface area contributed by atoms with Crippen molar-refractivity contribution in [1.29, 1.82) is 0 Å². The first-order chi connectivity index (χ1) is 10.1. The van der Waals surface area contributed by atoms with Crippen LogP contribution >= 0.6 is 0 Å². The number of likely N-dealkylation sites (tertiary alicyclic amines) is 1. The van der Waals surface area contributed by atoms with Crippen LogP contribution in [0.2, 0.25) is 0 Å².